The molecule has 0 aliphatic rings. The van der Waals surface area contributed by atoms with Crippen LogP contribution >= 0.6 is 22.9 Å². The first-order valence-electron chi connectivity index (χ1n) is 5.60. The number of hydrogen-bond acceptors (Lipinski definition) is 3. The summed E-state index contributed by atoms with van der Waals surface area (Å²) in [7, 11) is 0. The van der Waals surface area contributed by atoms with Crippen molar-refractivity contribution in [2.24, 2.45) is 0 Å². The van der Waals surface area contributed by atoms with Crippen molar-refractivity contribution in [1.29, 1.82) is 0 Å². The van der Waals surface area contributed by atoms with Gasteiger partial charge >= 0.3 is 0 Å². The third-order valence-electron chi connectivity index (χ3n) is 2.47. The minimum atomic E-state index is 0.793. The summed E-state index contributed by atoms with van der Waals surface area (Å²) >= 11 is 7.58. The Bertz CT molecular complexity index is 465. The van der Waals surface area contributed by atoms with Gasteiger partial charge in [-0.2, -0.15) is 0 Å². The van der Waals surface area contributed by atoms with Gasteiger partial charge in [0.05, 0.1) is 5.01 Å². The number of benzene rings is 1. The second-order valence-corrected chi connectivity index (χ2v) is 5.65. The number of halogens is 1. The van der Waals surface area contributed by atoms with Crippen LogP contribution in [-0.4, -0.2) is 11.5 Å². The van der Waals surface area contributed by atoms with Crippen LogP contribution < -0.4 is 5.32 Å². The van der Waals surface area contributed by atoms with Crippen molar-refractivity contribution in [1.82, 2.24) is 10.3 Å². The standard InChI is InChI=1S/C13H15ClN2S/c1-10-16-9-13(17-10)8-15-7-6-11-2-4-12(14)5-3-11/h2-5,9,15H,6-8H2,1H3. The second-order valence-electron chi connectivity index (χ2n) is 3.90. The summed E-state index contributed by atoms with van der Waals surface area (Å²) in [4.78, 5) is 5.52. The summed E-state index contributed by atoms with van der Waals surface area (Å²) in [6.07, 6.45) is 2.96. The molecular formula is C13H15ClN2S. The second kappa shape index (κ2) is 6.15. The van der Waals surface area contributed by atoms with Crippen LogP contribution in [0.15, 0.2) is 30.5 Å². The lowest BCUT2D eigenvalue weighted by Gasteiger charge is -2.03. The topological polar surface area (TPSA) is 24.9 Å². The summed E-state index contributed by atoms with van der Waals surface area (Å²) in [5.41, 5.74) is 1.31. The highest BCUT2D eigenvalue weighted by Gasteiger charge is 1.97. The zero-order valence-electron chi connectivity index (χ0n) is 9.74. The maximum atomic E-state index is 5.83. The van der Waals surface area contributed by atoms with Gasteiger partial charge in [0, 0.05) is 22.6 Å². The van der Waals surface area contributed by atoms with E-state index in [4.69, 9.17) is 11.6 Å². The molecule has 0 atom stereocenters. The van der Waals surface area contributed by atoms with Crippen molar-refractivity contribution in [3.05, 3.63) is 50.9 Å². The Morgan fingerprint density at radius 1 is 1.29 bits per heavy atom. The molecule has 0 spiro atoms. The number of aryl methyl sites for hydroxylation is 1. The quantitative estimate of drug-likeness (QED) is 0.839. The SMILES string of the molecule is Cc1ncc(CNCCc2ccc(Cl)cc2)s1. The molecule has 2 nitrogen and oxygen atoms in total. The van der Waals surface area contributed by atoms with Crippen LogP contribution in [0, 0.1) is 6.92 Å². The van der Waals surface area contributed by atoms with Crippen LogP contribution in [0.5, 0.6) is 0 Å². The van der Waals surface area contributed by atoms with Crippen LogP contribution in [0.4, 0.5) is 0 Å². The summed E-state index contributed by atoms with van der Waals surface area (Å²) in [5, 5.41) is 5.33. The number of nitrogens with one attached hydrogen (secondary N) is 1. The minimum absolute atomic E-state index is 0.793. The highest BCUT2D eigenvalue weighted by Crippen LogP contribution is 2.11. The van der Waals surface area contributed by atoms with E-state index in [0.717, 1.165) is 29.5 Å². The maximum absolute atomic E-state index is 5.83. The molecule has 4 heteroatoms. The lowest BCUT2D eigenvalue weighted by atomic mass is 10.1. The normalized spacial score (nSPS) is 10.7. The molecule has 0 saturated carbocycles. The van der Waals surface area contributed by atoms with Crippen LogP contribution in [0.3, 0.4) is 0 Å². The van der Waals surface area contributed by atoms with Crippen molar-refractivity contribution in [2.75, 3.05) is 6.54 Å². The van der Waals surface area contributed by atoms with Crippen molar-refractivity contribution in [3.63, 3.8) is 0 Å². The predicted molar refractivity (Wildman–Crippen MR) is 73.7 cm³/mol. The minimum Gasteiger partial charge on any atom is -0.311 e. The number of nitrogens with zero attached hydrogens (tertiary/aromatic N) is 1. The lowest BCUT2D eigenvalue weighted by Crippen LogP contribution is -2.15. The molecule has 0 radical (unpaired) electrons. The van der Waals surface area contributed by atoms with E-state index < -0.39 is 0 Å². The van der Waals surface area contributed by atoms with Crippen LogP contribution in [0.2, 0.25) is 5.02 Å². The summed E-state index contributed by atoms with van der Waals surface area (Å²) in [5.74, 6) is 0. The fourth-order valence-corrected chi connectivity index (χ4v) is 2.47. The molecule has 17 heavy (non-hydrogen) atoms. The van der Waals surface area contributed by atoms with Gasteiger partial charge in [-0.15, -0.1) is 11.3 Å². The molecule has 1 heterocycles. The molecule has 0 unspecified atom stereocenters. The van der Waals surface area contributed by atoms with E-state index >= 15 is 0 Å². The van der Waals surface area contributed by atoms with Gasteiger partial charge in [-0.3, -0.25) is 0 Å². The molecule has 0 bridgehead atoms. The first-order chi connectivity index (χ1) is 8.24. The molecule has 0 saturated heterocycles. The molecular weight excluding hydrogens is 252 g/mol. The molecule has 1 aromatic heterocycles. The van der Waals surface area contributed by atoms with E-state index in [1.165, 1.54) is 10.4 Å². The lowest BCUT2D eigenvalue weighted by molar-refractivity contribution is 0.693. The van der Waals surface area contributed by atoms with Gasteiger partial charge in [0.25, 0.3) is 0 Å². The molecule has 2 aromatic rings. The highest BCUT2D eigenvalue weighted by molar-refractivity contribution is 7.11. The Morgan fingerprint density at radius 3 is 2.71 bits per heavy atom. The smallest absolute Gasteiger partial charge is 0.0897 e. The maximum Gasteiger partial charge on any atom is 0.0897 e. The highest BCUT2D eigenvalue weighted by atomic mass is 35.5. The van der Waals surface area contributed by atoms with Crippen LogP contribution in [0.25, 0.3) is 0 Å². The van der Waals surface area contributed by atoms with Gasteiger partial charge in [-0.05, 0) is 37.6 Å². The Hall–Kier alpha value is -0.900. The molecule has 0 fully saturated rings. The third-order valence-corrected chi connectivity index (χ3v) is 3.64. The third kappa shape index (κ3) is 4.11. The zero-order valence-corrected chi connectivity index (χ0v) is 11.3. The first-order valence-corrected chi connectivity index (χ1v) is 6.80. The average Bonchev–Trinajstić information content (AvgIpc) is 2.73. The van der Waals surface area contributed by atoms with Crippen molar-refractivity contribution in [2.45, 2.75) is 19.9 Å². The zero-order chi connectivity index (χ0) is 12.1. The van der Waals surface area contributed by atoms with Crippen molar-refractivity contribution in [3.8, 4) is 0 Å². The molecule has 0 aliphatic carbocycles. The monoisotopic (exact) mass is 266 g/mol. The van der Waals surface area contributed by atoms with Crippen molar-refractivity contribution >= 4 is 22.9 Å². The molecule has 90 valence electrons. The van der Waals surface area contributed by atoms with Gasteiger partial charge in [-0.1, -0.05) is 23.7 Å². The van der Waals surface area contributed by atoms with E-state index in [2.05, 4.69) is 22.4 Å². The largest absolute Gasteiger partial charge is 0.311 e. The predicted octanol–water partition coefficient (Wildman–Crippen LogP) is 3.44. The number of rotatable bonds is 5. The van der Waals surface area contributed by atoms with Crippen LogP contribution in [-0.2, 0) is 13.0 Å². The first kappa shape index (κ1) is 12.6. The van der Waals surface area contributed by atoms with E-state index in [1.54, 1.807) is 11.3 Å². The molecule has 0 amide bonds. The van der Waals surface area contributed by atoms with E-state index in [1.807, 2.05) is 25.3 Å². The van der Waals surface area contributed by atoms with Crippen LogP contribution in [0.1, 0.15) is 15.4 Å². The fraction of sp³-hybridized carbons (Fsp3) is 0.308. The Balaban J connectivity index is 1.71. The van der Waals surface area contributed by atoms with E-state index in [-0.39, 0.29) is 0 Å². The van der Waals surface area contributed by atoms with E-state index in [9.17, 15) is 0 Å². The molecule has 1 aromatic carbocycles. The summed E-state index contributed by atoms with van der Waals surface area (Å²) in [6, 6.07) is 8.01. The van der Waals surface area contributed by atoms with Crippen molar-refractivity contribution < 1.29 is 0 Å². The fourth-order valence-electron chi connectivity index (χ4n) is 1.58. The van der Waals surface area contributed by atoms with Gasteiger partial charge in [-0.25, -0.2) is 4.98 Å². The Labute approximate surface area is 111 Å². The Morgan fingerprint density at radius 2 is 2.06 bits per heavy atom. The number of hydrogen-bond donors (Lipinski definition) is 1. The van der Waals surface area contributed by atoms with Gasteiger partial charge in [0.2, 0.25) is 0 Å². The van der Waals surface area contributed by atoms with Gasteiger partial charge in [0.1, 0.15) is 0 Å². The van der Waals surface area contributed by atoms with Gasteiger partial charge < -0.3 is 5.32 Å². The summed E-state index contributed by atoms with van der Waals surface area (Å²) < 4.78 is 0. The van der Waals surface area contributed by atoms with Gasteiger partial charge in [0.15, 0.2) is 0 Å². The van der Waals surface area contributed by atoms with E-state index in [0.29, 0.717) is 0 Å². The average molecular weight is 267 g/mol. The molecule has 1 N–H and O–H groups in total. The summed E-state index contributed by atoms with van der Waals surface area (Å²) in [6.45, 7) is 3.90. The number of thiazole rings is 1. The molecule has 2 rings (SSSR count). The number of aromatic nitrogens is 1. The molecule has 0 aliphatic heterocycles. The Kier molecular flexibility index (Phi) is 4.54.